The smallest absolute Gasteiger partial charge is 0.318 e. The van der Waals surface area contributed by atoms with Crippen molar-refractivity contribution in [1.82, 2.24) is 0 Å². The van der Waals surface area contributed by atoms with Crippen LogP contribution in [0.2, 0.25) is 0 Å². The zero-order valence-electron chi connectivity index (χ0n) is 12.5. The summed E-state index contributed by atoms with van der Waals surface area (Å²) in [5.74, 6) is -3.94. The topological polar surface area (TPSA) is 55.8 Å². The summed E-state index contributed by atoms with van der Waals surface area (Å²) in [5.41, 5.74) is 0.239. The fourth-order valence-corrected chi connectivity index (χ4v) is 2.86. The fraction of sp³-hybridized carbons (Fsp3) is 0.500. The molecule has 23 heavy (non-hydrogen) atoms. The summed E-state index contributed by atoms with van der Waals surface area (Å²) in [6.45, 7) is 1.08. The maximum Gasteiger partial charge on any atom is 0.318 e. The molecule has 1 aromatic rings. The summed E-state index contributed by atoms with van der Waals surface area (Å²) in [5, 5.41) is 0. The Morgan fingerprint density at radius 3 is 2.83 bits per heavy atom. The summed E-state index contributed by atoms with van der Waals surface area (Å²) in [6, 6.07) is 3.23. The Labute approximate surface area is 132 Å². The summed E-state index contributed by atoms with van der Waals surface area (Å²) >= 11 is 0. The zero-order valence-corrected chi connectivity index (χ0v) is 12.5. The quantitative estimate of drug-likeness (QED) is 0.628. The van der Waals surface area contributed by atoms with Crippen LogP contribution in [-0.4, -0.2) is 37.7 Å². The highest BCUT2D eigenvalue weighted by molar-refractivity contribution is 6.08. The van der Waals surface area contributed by atoms with Crippen LogP contribution in [0.3, 0.4) is 0 Å². The minimum Gasteiger partial charge on any atom is -0.462 e. The number of halogens is 2. The van der Waals surface area contributed by atoms with Crippen LogP contribution < -0.4 is 4.90 Å². The third-order valence-corrected chi connectivity index (χ3v) is 4.14. The summed E-state index contributed by atoms with van der Waals surface area (Å²) < 4.78 is 36.8. The molecule has 0 aliphatic carbocycles. The van der Waals surface area contributed by atoms with Gasteiger partial charge in [0.1, 0.15) is 12.5 Å². The molecule has 5 nitrogen and oxygen atoms in total. The number of carbonyl (C=O) groups is 2. The average molecular weight is 325 g/mol. The van der Waals surface area contributed by atoms with Crippen molar-refractivity contribution in [3.8, 4) is 0 Å². The van der Waals surface area contributed by atoms with E-state index in [0.29, 0.717) is 13.0 Å². The third-order valence-electron chi connectivity index (χ3n) is 4.14. The fourth-order valence-electron chi connectivity index (χ4n) is 2.86. The molecule has 2 atom stereocenters. The summed E-state index contributed by atoms with van der Waals surface area (Å²) in [7, 11) is 0. The second kappa shape index (κ2) is 6.62. The summed E-state index contributed by atoms with van der Waals surface area (Å²) in [6.07, 6.45) is 1.97. The Morgan fingerprint density at radius 2 is 2.13 bits per heavy atom. The van der Waals surface area contributed by atoms with E-state index in [1.807, 2.05) is 0 Å². The normalized spacial score (nSPS) is 24.3. The minimum absolute atomic E-state index is 0.0993. The lowest BCUT2D eigenvalue weighted by Crippen LogP contribution is -2.32. The molecule has 1 amide bonds. The van der Waals surface area contributed by atoms with E-state index in [1.165, 1.54) is 11.0 Å². The van der Waals surface area contributed by atoms with Crippen LogP contribution in [0.25, 0.3) is 0 Å². The van der Waals surface area contributed by atoms with E-state index in [2.05, 4.69) is 0 Å². The molecule has 0 aromatic heterocycles. The molecule has 2 aliphatic heterocycles. The number of hydrogen-bond acceptors (Lipinski definition) is 4. The molecule has 0 unspecified atom stereocenters. The Kier molecular flexibility index (Phi) is 4.56. The first-order valence-electron chi connectivity index (χ1n) is 7.61. The van der Waals surface area contributed by atoms with Crippen LogP contribution in [-0.2, 0) is 19.1 Å². The van der Waals surface area contributed by atoms with Gasteiger partial charge < -0.3 is 14.4 Å². The molecule has 2 fully saturated rings. The zero-order chi connectivity index (χ0) is 16.4. The van der Waals surface area contributed by atoms with E-state index in [1.54, 1.807) is 0 Å². The minimum atomic E-state index is -1.03. The maximum absolute atomic E-state index is 13.3. The molecule has 124 valence electrons. The number of anilines is 1. The first-order valence-corrected chi connectivity index (χ1v) is 7.61. The number of nitrogens with zero attached hydrogens (tertiary/aromatic N) is 1. The monoisotopic (exact) mass is 325 g/mol. The van der Waals surface area contributed by atoms with Crippen LogP contribution in [0.4, 0.5) is 14.5 Å². The molecule has 0 saturated carbocycles. The lowest BCUT2D eigenvalue weighted by Gasteiger charge is -2.17. The average Bonchev–Trinajstić information content (AvgIpc) is 3.17. The predicted molar refractivity (Wildman–Crippen MR) is 76.8 cm³/mol. The first-order chi connectivity index (χ1) is 11.1. The highest BCUT2D eigenvalue weighted by atomic mass is 19.2. The Morgan fingerprint density at radius 1 is 1.30 bits per heavy atom. The van der Waals surface area contributed by atoms with Gasteiger partial charge in [0.25, 0.3) is 0 Å². The van der Waals surface area contributed by atoms with Gasteiger partial charge in [0.05, 0.1) is 6.10 Å². The number of hydrogen-bond donors (Lipinski definition) is 0. The van der Waals surface area contributed by atoms with Crippen LogP contribution in [0, 0.1) is 17.6 Å². The lowest BCUT2D eigenvalue weighted by atomic mass is 10.1. The van der Waals surface area contributed by atoms with Gasteiger partial charge in [-0.3, -0.25) is 9.59 Å². The standard InChI is InChI=1S/C16H17F2NO4/c17-13-4-3-10(8-14(13)18)19-6-5-12(15(19)20)16(21)23-9-11-2-1-7-22-11/h3-4,8,11-12H,1-2,5-7,9H2/t11-,12+/m0/s1. The number of benzene rings is 1. The Balaban J connectivity index is 1.61. The largest absolute Gasteiger partial charge is 0.462 e. The van der Waals surface area contributed by atoms with Crippen molar-refractivity contribution in [3.63, 3.8) is 0 Å². The van der Waals surface area contributed by atoms with Crippen LogP contribution >= 0.6 is 0 Å². The lowest BCUT2D eigenvalue weighted by molar-refractivity contribution is -0.153. The molecular weight excluding hydrogens is 308 g/mol. The van der Waals surface area contributed by atoms with Gasteiger partial charge in [-0.05, 0) is 31.4 Å². The number of esters is 1. The molecule has 0 N–H and O–H groups in total. The van der Waals surface area contributed by atoms with Gasteiger partial charge in [-0.2, -0.15) is 0 Å². The number of rotatable bonds is 4. The molecule has 0 radical (unpaired) electrons. The van der Waals surface area contributed by atoms with Crippen molar-refractivity contribution in [3.05, 3.63) is 29.8 Å². The summed E-state index contributed by atoms with van der Waals surface area (Å²) in [4.78, 5) is 25.6. The van der Waals surface area contributed by atoms with E-state index in [4.69, 9.17) is 9.47 Å². The van der Waals surface area contributed by atoms with Gasteiger partial charge in [-0.1, -0.05) is 0 Å². The molecule has 3 rings (SSSR count). The Bertz CT molecular complexity index is 616. The van der Waals surface area contributed by atoms with Crippen molar-refractivity contribution in [1.29, 1.82) is 0 Å². The van der Waals surface area contributed by atoms with Crippen molar-refractivity contribution in [2.45, 2.75) is 25.4 Å². The molecule has 0 spiro atoms. The third kappa shape index (κ3) is 3.34. The van der Waals surface area contributed by atoms with Crippen molar-refractivity contribution in [2.75, 3.05) is 24.7 Å². The highest BCUT2D eigenvalue weighted by Crippen LogP contribution is 2.27. The van der Waals surface area contributed by atoms with E-state index in [0.717, 1.165) is 25.0 Å². The molecule has 0 bridgehead atoms. The number of amides is 1. The Hall–Kier alpha value is -2.02. The first kappa shape index (κ1) is 15.9. The number of ether oxygens (including phenoxy) is 2. The van der Waals surface area contributed by atoms with Crippen LogP contribution in [0.5, 0.6) is 0 Å². The number of carbonyl (C=O) groups excluding carboxylic acids is 2. The van der Waals surface area contributed by atoms with Gasteiger partial charge in [0.15, 0.2) is 11.6 Å². The van der Waals surface area contributed by atoms with E-state index >= 15 is 0 Å². The maximum atomic E-state index is 13.3. The molecule has 7 heteroatoms. The molecular formula is C16H17F2NO4. The van der Waals surface area contributed by atoms with Gasteiger partial charge in [-0.15, -0.1) is 0 Å². The molecule has 2 aliphatic rings. The van der Waals surface area contributed by atoms with Crippen LogP contribution in [0.1, 0.15) is 19.3 Å². The van der Waals surface area contributed by atoms with E-state index in [-0.39, 0.29) is 24.9 Å². The van der Waals surface area contributed by atoms with Gasteiger partial charge in [0, 0.05) is 24.9 Å². The van der Waals surface area contributed by atoms with Gasteiger partial charge in [0.2, 0.25) is 5.91 Å². The van der Waals surface area contributed by atoms with Gasteiger partial charge in [-0.25, -0.2) is 8.78 Å². The highest BCUT2D eigenvalue weighted by Gasteiger charge is 2.39. The SMILES string of the molecule is O=C(OC[C@@H]1CCCO1)[C@@H]1CCN(c2ccc(F)c(F)c2)C1=O. The second-order valence-corrected chi connectivity index (χ2v) is 5.69. The van der Waals surface area contributed by atoms with Crippen molar-refractivity contribution >= 4 is 17.6 Å². The van der Waals surface area contributed by atoms with E-state index < -0.39 is 29.4 Å². The predicted octanol–water partition coefficient (Wildman–Crippen LogP) is 2.04. The van der Waals surface area contributed by atoms with E-state index in [9.17, 15) is 18.4 Å². The van der Waals surface area contributed by atoms with Gasteiger partial charge >= 0.3 is 5.97 Å². The van der Waals surface area contributed by atoms with Crippen LogP contribution in [0.15, 0.2) is 18.2 Å². The van der Waals surface area contributed by atoms with Crippen molar-refractivity contribution < 1.29 is 27.8 Å². The molecule has 2 saturated heterocycles. The second-order valence-electron chi connectivity index (χ2n) is 5.69. The molecule has 2 heterocycles. The molecule has 1 aromatic carbocycles. The van der Waals surface area contributed by atoms with Crippen molar-refractivity contribution in [2.24, 2.45) is 5.92 Å².